The van der Waals surface area contributed by atoms with E-state index < -0.39 is 25.6 Å². The Hall–Kier alpha value is -0.420. The molecule has 0 aliphatic carbocycles. The molecule has 0 aliphatic rings. The van der Waals surface area contributed by atoms with Gasteiger partial charge in [0.2, 0.25) is 0 Å². The molecule has 0 bridgehead atoms. The molecule has 0 amide bonds. The smallest absolute Gasteiger partial charge is 0.395 e. The van der Waals surface area contributed by atoms with Crippen LogP contribution in [0.4, 0.5) is 11.4 Å². The van der Waals surface area contributed by atoms with E-state index in [-0.39, 0.29) is 53.4 Å². The van der Waals surface area contributed by atoms with E-state index in [0.717, 1.165) is 6.07 Å². The Labute approximate surface area is 136 Å². The number of nitrogens with one attached hydrogen (secondary N) is 1. The van der Waals surface area contributed by atoms with Crippen molar-refractivity contribution in [2.45, 2.75) is 4.90 Å². The summed E-state index contributed by atoms with van der Waals surface area (Å²) in [6, 6.07) is 1.65. The molecular formula is C8H9ClN2NaO6S+. The molecule has 11 heteroatoms. The van der Waals surface area contributed by atoms with Crippen molar-refractivity contribution in [3.8, 4) is 0 Å². The summed E-state index contributed by atoms with van der Waals surface area (Å²) in [5.74, 6) is 0. The molecule has 1 rings (SSSR count). The molecule has 0 heterocycles. The average Bonchev–Trinajstić information content (AvgIpc) is 2.23. The number of nitrogens with zero attached hydrogens (tertiary/aromatic N) is 1. The minimum absolute atomic E-state index is 0. The zero-order valence-corrected chi connectivity index (χ0v) is 13.4. The average molecular weight is 320 g/mol. The van der Waals surface area contributed by atoms with Crippen molar-refractivity contribution in [2.75, 3.05) is 18.5 Å². The normalized spacial score (nSPS) is 10.7. The molecule has 3 N–H and O–H groups in total. The van der Waals surface area contributed by atoms with Crippen LogP contribution < -0.4 is 34.9 Å². The number of hydrogen-bond donors (Lipinski definition) is 3. The van der Waals surface area contributed by atoms with Gasteiger partial charge >= 0.3 is 29.6 Å². The number of hydrogen-bond acceptors (Lipinski definition) is 6. The van der Waals surface area contributed by atoms with Crippen LogP contribution in [0, 0.1) is 10.1 Å². The second-order valence-electron chi connectivity index (χ2n) is 3.18. The van der Waals surface area contributed by atoms with Gasteiger partial charge in [-0.15, -0.1) is 0 Å². The Morgan fingerprint density at radius 3 is 2.42 bits per heavy atom. The van der Waals surface area contributed by atoms with Gasteiger partial charge < -0.3 is 10.4 Å². The van der Waals surface area contributed by atoms with Gasteiger partial charge in [0.25, 0.3) is 15.8 Å². The molecule has 1 aromatic carbocycles. The van der Waals surface area contributed by atoms with Crippen LogP contribution in [0.5, 0.6) is 0 Å². The molecule has 0 saturated carbocycles. The molecule has 0 fully saturated rings. The SMILES string of the molecule is O=[N+]([O-])c1cc(S(=O)(=O)O)c(Cl)cc1NCCO.[Na+]. The van der Waals surface area contributed by atoms with E-state index in [0.29, 0.717) is 6.07 Å². The summed E-state index contributed by atoms with van der Waals surface area (Å²) in [4.78, 5) is 9.19. The Morgan fingerprint density at radius 2 is 2.00 bits per heavy atom. The fourth-order valence-corrected chi connectivity index (χ4v) is 2.25. The second kappa shape index (κ2) is 7.39. The van der Waals surface area contributed by atoms with Crippen LogP contribution >= 0.6 is 11.6 Å². The van der Waals surface area contributed by atoms with Crippen LogP contribution in [0.2, 0.25) is 5.02 Å². The summed E-state index contributed by atoms with van der Waals surface area (Å²) in [7, 11) is -4.64. The molecule has 0 aliphatic heterocycles. The van der Waals surface area contributed by atoms with Gasteiger partial charge in [-0.1, -0.05) is 11.6 Å². The predicted molar refractivity (Wildman–Crippen MR) is 63.5 cm³/mol. The number of benzene rings is 1. The Balaban J connectivity index is 0.00000324. The van der Waals surface area contributed by atoms with Gasteiger partial charge in [0.1, 0.15) is 10.6 Å². The van der Waals surface area contributed by atoms with Gasteiger partial charge in [-0.2, -0.15) is 8.42 Å². The van der Waals surface area contributed by atoms with E-state index in [1.54, 1.807) is 0 Å². The minimum atomic E-state index is -4.64. The summed E-state index contributed by atoms with van der Waals surface area (Å²) >= 11 is 5.61. The molecular weight excluding hydrogens is 311 g/mol. The largest absolute Gasteiger partial charge is 1.00 e. The number of rotatable bonds is 5. The van der Waals surface area contributed by atoms with E-state index in [4.69, 9.17) is 21.3 Å². The van der Waals surface area contributed by atoms with Crippen molar-refractivity contribution in [2.24, 2.45) is 0 Å². The summed E-state index contributed by atoms with van der Waals surface area (Å²) < 4.78 is 30.7. The molecule has 0 atom stereocenters. The van der Waals surface area contributed by atoms with E-state index in [1.807, 2.05) is 0 Å². The zero-order valence-electron chi connectivity index (χ0n) is 9.83. The number of halogens is 1. The molecule has 0 saturated heterocycles. The summed E-state index contributed by atoms with van der Waals surface area (Å²) in [5.41, 5.74) is -0.619. The fraction of sp³-hybridized carbons (Fsp3) is 0.250. The van der Waals surface area contributed by atoms with Crippen molar-refractivity contribution < 1.29 is 52.6 Å². The second-order valence-corrected chi connectivity index (χ2v) is 4.98. The monoisotopic (exact) mass is 319 g/mol. The van der Waals surface area contributed by atoms with E-state index in [1.165, 1.54) is 0 Å². The number of nitro benzene ring substituents is 1. The fourth-order valence-electron chi connectivity index (χ4n) is 1.22. The van der Waals surface area contributed by atoms with E-state index in [2.05, 4.69) is 5.32 Å². The molecule has 0 unspecified atom stereocenters. The number of aliphatic hydroxyl groups is 1. The van der Waals surface area contributed by atoms with Gasteiger partial charge in [0.05, 0.1) is 16.6 Å². The maximum atomic E-state index is 10.9. The van der Waals surface area contributed by atoms with Gasteiger partial charge in [-0.3, -0.25) is 14.7 Å². The van der Waals surface area contributed by atoms with E-state index in [9.17, 15) is 18.5 Å². The molecule has 1 aromatic rings. The molecule has 100 valence electrons. The van der Waals surface area contributed by atoms with Gasteiger partial charge in [0, 0.05) is 12.6 Å². The molecule has 0 aromatic heterocycles. The predicted octanol–water partition coefficient (Wildman–Crippen LogP) is -2.10. The maximum absolute atomic E-state index is 10.9. The molecule has 0 spiro atoms. The first kappa shape index (κ1) is 18.6. The molecule has 0 radical (unpaired) electrons. The maximum Gasteiger partial charge on any atom is 1.00 e. The van der Waals surface area contributed by atoms with Gasteiger partial charge in [-0.25, -0.2) is 0 Å². The van der Waals surface area contributed by atoms with Crippen molar-refractivity contribution in [1.82, 2.24) is 0 Å². The van der Waals surface area contributed by atoms with Gasteiger partial charge in [0.15, 0.2) is 0 Å². The number of aliphatic hydroxyl groups excluding tert-OH is 1. The molecule has 19 heavy (non-hydrogen) atoms. The van der Waals surface area contributed by atoms with Crippen molar-refractivity contribution in [1.29, 1.82) is 0 Å². The summed E-state index contributed by atoms with van der Waals surface area (Å²) in [6.45, 7) is -0.239. The van der Waals surface area contributed by atoms with Crippen molar-refractivity contribution in [3.63, 3.8) is 0 Å². The first-order chi connectivity index (χ1) is 8.27. The Kier molecular flexibility index (Phi) is 7.22. The van der Waals surface area contributed by atoms with Crippen molar-refractivity contribution in [3.05, 3.63) is 27.3 Å². The van der Waals surface area contributed by atoms with Crippen LogP contribution in [-0.2, 0) is 10.1 Å². The van der Waals surface area contributed by atoms with Crippen LogP contribution in [-0.4, -0.2) is 36.2 Å². The Morgan fingerprint density at radius 1 is 1.42 bits per heavy atom. The van der Waals surface area contributed by atoms with Gasteiger partial charge in [-0.05, 0) is 6.07 Å². The number of anilines is 1. The summed E-state index contributed by atoms with van der Waals surface area (Å²) in [6.07, 6.45) is 0. The zero-order chi connectivity index (χ0) is 13.9. The quantitative estimate of drug-likeness (QED) is 0.245. The minimum Gasteiger partial charge on any atom is -0.395 e. The van der Waals surface area contributed by atoms with Crippen molar-refractivity contribution >= 4 is 33.1 Å². The topological polar surface area (TPSA) is 130 Å². The summed E-state index contributed by atoms with van der Waals surface area (Å²) in [5, 5.41) is 21.5. The van der Waals surface area contributed by atoms with Crippen LogP contribution in [0.3, 0.4) is 0 Å². The third-order valence-electron chi connectivity index (χ3n) is 1.95. The molecule has 8 nitrogen and oxygen atoms in total. The standard InChI is InChI=1S/C8H9ClN2O6S.Na/c9-5-3-6(10-1-2-12)7(11(13)14)4-8(5)18(15,16)17;/h3-4,10,12H,1-2H2,(H,15,16,17);/q;+1. The van der Waals surface area contributed by atoms with Crippen LogP contribution in [0.1, 0.15) is 0 Å². The number of nitro groups is 1. The third-order valence-corrected chi connectivity index (χ3v) is 3.27. The van der Waals surface area contributed by atoms with Crippen LogP contribution in [0.15, 0.2) is 17.0 Å². The third kappa shape index (κ3) is 4.88. The van der Waals surface area contributed by atoms with Crippen LogP contribution in [0.25, 0.3) is 0 Å². The van der Waals surface area contributed by atoms with E-state index >= 15 is 0 Å². The first-order valence-electron chi connectivity index (χ1n) is 4.57. The first-order valence-corrected chi connectivity index (χ1v) is 6.39. The Bertz CT molecular complexity index is 579.